The summed E-state index contributed by atoms with van der Waals surface area (Å²) in [6.45, 7) is 2.01. The average molecular weight is 436 g/mol. The second-order valence-corrected chi connectivity index (χ2v) is 8.00. The molecule has 6 nitrogen and oxygen atoms in total. The molecule has 1 aliphatic carbocycles. The van der Waals surface area contributed by atoms with Gasteiger partial charge in [-0.15, -0.1) is 0 Å². The molecule has 0 spiro atoms. The van der Waals surface area contributed by atoms with Crippen LogP contribution in [0, 0.1) is 5.92 Å². The number of hydrogen-bond donors (Lipinski definition) is 0. The first-order chi connectivity index (χ1) is 15.6. The minimum Gasteiger partial charge on any atom is -0.426 e. The fourth-order valence-corrected chi connectivity index (χ4v) is 3.65. The topological polar surface area (TPSA) is 82.0 Å². The van der Waals surface area contributed by atoms with Gasteiger partial charge in [0.15, 0.2) is 0 Å². The molecule has 1 saturated carbocycles. The molecule has 0 heterocycles. The molecule has 0 amide bonds. The minimum atomic E-state index is -0.614. The van der Waals surface area contributed by atoms with E-state index < -0.39 is 5.97 Å². The molecule has 0 aliphatic heterocycles. The van der Waals surface area contributed by atoms with Crippen molar-refractivity contribution in [3.63, 3.8) is 0 Å². The smallest absolute Gasteiger partial charge is 0.365 e. The van der Waals surface area contributed by atoms with Crippen molar-refractivity contribution in [2.24, 2.45) is 11.1 Å². The van der Waals surface area contributed by atoms with E-state index in [1.165, 1.54) is 6.42 Å². The van der Waals surface area contributed by atoms with Crippen LogP contribution in [-0.2, 0) is 9.63 Å². The number of hydrogen-bond acceptors (Lipinski definition) is 6. The standard InChI is InChI=1S/C26H29NO5/c1-2-3-14-23(27-32-26(30)21-12-8-5-9-13-21)24(28)19-15-17-22(18-16-19)31-25(29)20-10-6-4-7-11-20/h5,8-9,12-13,15-18,20H,2-4,6-7,10-11,14H2,1H3/b27-23+. The van der Waals surface area contributed by atoms with Gasteiger partial charge in [-0.2, -0.15) is 0 Å². The molecule has 3 rings (SSSR count). The maximum atomic E-state index is 13.0. The van der Waals surface area contributed by atoms with E-state index in [2.05, 4.69) is 5.16 Å². The average Bonchev–Trinajstić information content (AvgIpc) is 2.85. The lowest BCUT2D eigenvalue weighted by Gasteiger charge is -2.19. The normalized spacial score (nSPS) is 14.6. The second kappa shape index (κ2) is 11.9. The molecule has 168 valence electrons. The molecule has 0 unspecified atom stereocenters. The number of esters is 1. The monoisotopic (exact) mass is 435 g/mol. The summed E-state index contributed by atoms with van der Waals surface area (Å²) in [5.41, 5.74) is 0.943. The summed E-state index contributed by atoms with van der Waals surface area (Å²) in [6.07, 6.45) is 7.03. The van der Waals surface area contributed by atoms with Crippen LogP contribution in [0.15, 0.2) is 59.8 Å². The maximum Gasteiger partial charge on any atom is 0.365 e. The summed E-state index contributed by atoms with van der Waals surface area (Å²) in [5.74, 6) is -0.763. The zero-order chi connectivity index (χ0) is 22.8. The lowest BCUT2D eigenvalue weighted by Crippen LogP contribution is -2.22. The Morgan fingerprint density at radius 3 is 2.25 bits per heavy atom. The van der Waals surface area contributed by atoms with E-state index in [9.17, 15) is 14.4 Å². The summed E-state index contributed by atoms with van der Waals surface area (Å²) in [7, 11) is 0. The SMILES string of the molecule is CCCC/C(=N\OC(=O)c1ccccc1)C(=O)c1ccc(OC(=O)C2CCCCC2)cc1. The van der Waals surface area contributed by atoms with Gasteiger partial charge in [0.2, 0.25) is 5.78 Å². The number of unbranched alkanes of at least 4 members (excludes halogenated alkanes) is 1. The van der Waals surface area contributed by atoms with Gasteiger partial charge >= 0.3 is 11.9 Å². The van der Waals surface area contributed by atoms with Gasteiger partial charge in [0, 0.05) is 5.56 Å². The van der Waals surface area contributed by atoms with Gasteiger partial charge in [-0.3, -0.25) is 9.59 Å². The first kappa shape index (κ1) is 23.4. The molecular weight excluding hydrogens is 406 g/mol. The highest BCUT2D eigenvalue weighted by Gasteiger charge is 2.23. The van der Waals surface area contributed by atoms with Crippen LogP contribution in [0.3, 0.4) is 0 Å². The summed E-state index contributed by atoms with van der Waals surface area (Å²) >= 11 is 0. The fourth-order valence-electron chi connectivity index (χ4n) is 3.65. The van der Waals surface area contributed by atoms with E-state index in [4.69, 9.17) is 9.57 Å². The van der Waals surface area contributed by atoms with E-state index >= 15 is 0 Å². The first-order valence-electron chi connectivity index (χ1n) is 11.3. The van der Waals surface area contributed by atoms with Gasteiger partial charge in [0.05, 0.1) is 11.5 Å². The molecule has 32 heavy (non-hydrogen) atoms. The number of nitrogens with zero attached hydrogens (tertiary/aromatic N) is 1. The van der Waals surface area contributed by atoms with Crippen molar-refractivity contribution < 1.29 is 24.0 Å². The molecule has 0 saturated heterocycles. The van der Waals surface area contributed by atoms with Crippen LogP contribution in [0.2, 0.25) is 0 Å². The summed E-state index contributed by atoms with van der Waals surface area (Å²) in [6, 6.07) is 14.9. The van der Waals surface area contributed by atoms with Gasteiger partial charge in [-0.1, -0.05) is 56.0 Å². The highest BCUT2D eigenvalue weighted by Crippen LogP contribution is 2.26. The number of ketones is 1. The van der Waals surface area contributed by atoms with Gasteiger partial charge in [0.1, 0.15) is 11.5 Å². The molecule has 2 aromatic rings. The Hall–Kier alpha value is -3.28. The Kier molecular flexibility index (Phi) is 8.72. The van der Waals surface area contributed by atoms with Gasteiger partial charge in [0.25, 0.3) is 0 Å². The Morgan fingerprint density at radius 1 is 0.906 bits per heavy atom. The molecule has 0 aromatic heterocycles. The van der Waals surface area contributed by atoms with Gasteiger partial charge < -0.3 is 9.57 Å². The number of rotatable bonds is 9. The number of benzene rings is 2. The van der Waals surface area contributed by atoms with Crippen molar-refractivity contribution >= 4 is 23.4 Å². The van der Waals surface area contributed by atoms with Crippen LogP contribution < -0.4 is 4.74 Å². The minimum absolute atomic E-state index is 0.0443. The third-order valence-electron chi connectivity index (χ3n) is 5.55. The van der Waals surface area contributed by atoms with Gasteiger partial charge in [-0.05, 0) is 62.1 Å². The third-order valence-corrected chi connectivity index (χ3v) is 5.55. The quantitative estimate of drug-likeness (QED) is 0.125. The van der Waals surface area contributed by atoms with E-state index in [1.54, 1.807) is 54.6 Å². The van der Waals surface area contributed by atoms with Crippen LogP contribution in [0.5, 0.6) is 5.75 Å². The molecule has 2 aromatic carbocycles. The Morgan fingerprint density at radius 2 is 1.59 bits per heavy atom. The Balaban J connectivity index is 1.66. The van der Waals surface area contributed by atoms with Crippen LogP contribution in [0.4, 0.5) is 0 Å². The number of ether oxygens (including phenoxy) is 1. The molecule has 0 bridgehead atoms. The van der Waals surface area contributed by atoms with Crippen molar-refractivity contribution in [1.82, 2.24) is 0 Å². The molecule has 1 fully saturated rings. The van der Waals surface area contributed by atoms with Gasteiger partial charge in [-0.25, -0.2) is 4.79 Å². The van der Waals surface area contributed by atoms with Crippen LogP contribution in [-0.4, -0.2) is 23.4 Å². The molecule has 0 N–H and O–H groups in total. The molecule has 6 heteroatoms. The van der Waals surface area contributed by atoms with Crippen molar-refractivity contribution in [3.8, 4) is 5.75 Å². The summed E-state index contributed by atoms with van der Waals surface area (Å²) in [4.78, 5) is 42.5. The number of carbonyl (C=O) groups excluding carboxylic acids is 3. The summed E-state index contributed by atoms with van der Waals surface area (Å²) in [5, 5.41) is 3.88. The van der Waals surface area contributed by atoms with Crippen LogP contribution >= 0.6 is 0 Å². The predicted molar refractivity (Wildman–Crippen MR) is 122 cm³/mol. The zero-order valence-electron chi connectivity index (χ0n) is 18.4. The second-order valence-electron chi connectivity index (χ2n) is 8.00. The molecule has 0 atom stereocenters. The number of oxime groups is 1. The van der Waals surface area contributed by atoms with E-state index in [1.807, 2.05) is 6.92 Å². The van der Waals surface area contributed by atoms with Crippen molar-refractivity contribution in [1.29, 1.82) is 0 Å². The highest BCUT2D eigenvalue weighted by molar-refractivity contribution is 6.45. The highest BCUT2D eigenvalue weighted by atomic mass is 16.7. The lowest BCUT2D eigenvalue weighted by molar-refractivity contribution is -0.139. The molecule has 1 aliphatic rings. The van der Waals surface area contributed by atoms with E-state index in [0.717, 1.165) is 38.5 Å². The van der Waals surface area contributed by atoms with E-state index in [0.29, 0.717) is 23.3 Å². The first-order valence-corrected chi connectivity index (χ1v) is 11.3. The van der Waals surface area contributed by atoms with Crippen molar-refractivity contribution in [2.45, 2.75) is 58.3 Å². The van der Waals surface area contributed by atoms with E-state index in [-0.39, 0.29) is 23.4 Å². The number of Topliss-reactive ketones (excluding diaryl/α,β-unsaturated/α-hetero) is 1. The van der Waals surface area contributed by atoms with Crippen LogP contribution in [0.25, 0.3) is 0 Å². The van der Waals surface area contributed by atoms with Crippen molar-refractivity contribution in [3.05, 3.63) is 65.7 Å². The van der Waals surface area contributed by atoms with Crippen molar-refractivity contribution in [2.75, 3.05) is 0 Å². The largest absolute Gasteiger partial charge is 0.426 e. The molecular formula is C26H29NO5. The molecule has 0 radical (unpaired) electrons. The number of carbonyl (C=O) groups is 3. The lowest BCUT2D eigenvalue weighted by atomic mass is 9.89. The predicted octanol–water partition coefficient (Wildman–Crippen LogP) is 5.76. The Bertz CT molecular complexity index is 944. The fraction of sp³-hybridized carbons (Fsp3) is 0.385. The van der Waals surface area contributed by atoms with Crippen LogP contribution in [0.1, 0.15) is 79.0 Å². The maximum absolute atomic E-state index is 13.0. The third kappa shape index (κ3) is 6.61. The summed E-state index contributed by atoms with van der Waals surface area (Å²) < 4.78 is 5.49. The Labute approximate surface area is 188 Å². The zero-order valence-corrected chi connectivity index (χ0v) is 18.4.